The Labute approximate surface area is 145 Å². The monoisotopic (exact) mass is 374 g/mol. The molecule has 4 bridgehead atoms. The minimum Gasteiger partial charge on any atom is -0.351 e. The van der Waals surface area contributed by atoms with Crippen molar-refractivity contribution in [1.29, 1.82) is 0 Å². The van der Waals surface area contributed by atoms with Gasteiger partial charge < -0.3 is 15.5 Å². The van der Waals surface area contributed by atoms with Crippen molar-refractivity contribution in [3.63, 3.8) is 0 Å². The molecule has 140 valence electrons. The quantitative estimate of drug-likeness (QED) is 0.560. The van der Waals surface area contributed by atoms with Crippen LogP contribution in [-0.2, 0) is 19.5 Å². The van der Waals surface area contributed by atoms with Gasteiger partial charge in [-0.05, 0) is 38.5 Å². The molecule has 0 aliphatic carbocycles. The Morgan fingerprint density at radius 1 is 1.20 bits per heavy atom. The minimum atomic E-state index is -4.77. The van der Waals surface area contributed by atoms with E-state index in [2.05, 4.69) is 14.9 Å². The molecular formula is C14H22N4O6S. The van der Waals surface area contributed by atoms with Gasteiger partial charge in [0, 0.05) is 24.7 Å². The van der Waals surface area contributed by atoms with Gasteiger partial charge in [0.05, 0.1) is 6.04 Å². The molecule has 4 aliphatic heterocycles. The van der Waals surface area contributed by atoms with Crippen LogP contribution >= 0.6 is 0 Å². The van der Waals surface area contributed by atoms with E-state index in [1.54, 1.807) is 0 Å². The highest BCUT2D eigenvalue weighted by atomic mass is 32.3. The van der Waals surface area contributed by atoms with Gasteiger partial charge in [-0.2, -0.15) is 13.5 Å². The normalized spacial score (nSPS) is 37.5. The number of hydroxylamine groups is 2. The number of piperidine rings is 2. The molecule has 0 spiro atoms. The molecule has 4 saturated heterocycles. The molecule has 0 radical (unpaired) electrons. The lowest BCUT2D eigenvalue weighted by molar-refractivity contribution is -0.127. The maximum Gasteiger partial charge on any atom is 0.418 e. The summed E-state index contributed by atoms with van der Waals surface area (Å²) in [4.78, 5) is 26.3. The molecule has 4 aliphatic rings. The van der Waals surface area contributed by atoms with Crippen LogP contribution in [0, 0.1) is 0 Å². The highest BCUT2D eigenvalue weighted by Gasteiger charge is 2.49. The van der Waals surface area contributed by atoms with Crippen molar-refractivity contribution in [2.45, 2.75) is 68.7 Å². The van der Waals surface area contributed by atoms with Crippen molar-refractivity contribution in [3.05, 3.63) is 0 Å². The third kappa shape index (κ3) is 3.33. The van der Waals surface area contributed by atoms with Crippen molar-refractivity contribution in [3.8, 4) is 0 Å². The van der Waals surface area contributed by atoms with Crippen LogP contribution in [0.5, 0.6) is 0 Å². The second-order valence-electron chi connectivity index (χ2n) is 7.32. The van der Waals surface area contributed by atoms with Crippen LogP contribution in [0.1, 0.15) is 38.5 Å². The molecule has 4 rings (SSSR count). The highest BCUT2D eigenvalue weighted by Crippen LogP contribution is 2.31. The Balaban J connectivity index is 1.40. The Morgan fingerprint density at radius 2 is 1.88 bits per heavy atom. The number of amides is 3. The number of hydrogen-bond donors (Lipinski definition) is 3. The van der Waals surface area contributed by atoms with Gasteiger partial charge in [-0.1, -0.05) is 0 Å². The molecule has 4 heterocycles. The van der Waals surface area contributed by atoms with Crippen molar-refractivity contribution < 1.29 is 26.8 Å². The zero-order chi connectivity index (χ0) is 17.8. The summed E-state index contributed by atoms with van der Waals surface area (Å²) in [6, 6.07) is -0.810. The third-order valence-electron chi connectivity index (χ3n) is 5.62. The van der Waals surface area contributed by atoms with Gasteiger partial charge in [0.2, 0.25) is 5.91 Å². The van der Waals surface area contributed by atoms with Gasteiger partial charge in [0.25, 0.3) is 0 Å². The van der Waals surface area contributed by atoms with Gasteiger partial charge in [-0.25, -0.2) is 4.79 Å². The van der Waals surface area contributed by atoms with Crippen molar-refractivity contribution in [2.24, 2.45) is 0 Å². The number of urea groups is 1. The maximum atomic E-state index is 12.7. The van der Waals surface area contributed by atoms with Crippen LogP contribution in [0.4, 0.5) is 4.79 Å². The standard InChI is InChI=1S/C14H22N4O6S/c19-13(16-10-5-8-1-2-9(6-10)15-8)12-4-3-11-7-17(12)14(20)18(11)24-25(21,22)23/h8-12,15H,1-7H2,(H,16,19)(H,21,22,23). The summed E-state index contributed by atoms with van der Waals surface area (Å²) in [5, 5.41) is 7.23. The predicted octanol–water partition coefficient (Wildman–Crippen LogP) is -0.611. The summed E-state index contributed by atoms with van der Waals surface area (Å²) in [6.07, 6.45) is 4.93. The lowest BCUT2D eigenvalue weighted by atomic mass is 9.97. The average Bonchev–Trinajstić information content (AvgIpc) is 2.98. The molecule has 0 aromatic rings. The molecule has 0 aromatic carbocycles. The molecule has 11 heteroatoms. The first-order valence-corrected chi connectivity index (χ1v) is 10.00. The average molecular weight is 374 g/mol. The summed E-state index contributed by atoms with van der Waals surface area (Å²) >= 11 is 0. The third-order valence-corrected chi connectivity index (χ3v) is 5.97. The van der Waals surface area contributed by atoms with Crippen molar-refractivity contribution >= 4 is 22.3 Å². The summed E-state index contributed by atoms with van der Waals surface area (Å²) < 4.78 is 35.0. The maximum absolute atomic E-state index is 12.7. The van der Waals surface area contributed by atoms with Crippen LogP contribution in [0.15, 0.2) is 0 Å². The zero-order valence-electron chi connectivity index (χ0n) is 13.6. The Morgan fingerprint density at radius 3 is 2.52 bits per heavy atom. The van der Waals surface area contributed by atoms with Gasteiger partial charge >= 0.3 is 16.4 Å². The summed E-state index contributed by atoms with van der Waals surface area (Å²) in [5.41, 5.74) is 0. The van der Waals surface area contributed by atoms with Crippen molar-refractivity contribution in [2.75, 3.05) is 6.54 Å². The van der Waals surface area contributed by atoms with Crippen LogP contribution in [0.2, 0.25) is 0 Å². The fourth-order valence-corrected chi connectivity index (χ4v) is 4.97. The molecule has 4 atom stereocenters. The molecule has 4 fully saturated rings. The minimum absolute atomic E-state index is 0.104. The lowest BCUT2D eigenvalue weighted by Gasteiger charge is -2.34. The second kappa shape index (κ2) is 6.08. The Kier molecular flexibility index (Phi) is 4.13. The second-order valence-corrected chi connectivity index (χ2v) is 8.33. The molecule has 10 nitrogen and oxygen atoms in total. The SMILES string of the molecule is O=C(NC1CC2CCC(C1)N2)C1CCC2CN1C(=O)N2OS(=O)(=O)O. The van der Waals surface area contributed by atoms with Crippen LogP contribution < -0.4 is 10.6 Å². The fraction of sp³-hybridized carbons (Fsp3) is 0.857. The number of hydrogen-bond acceptors (Lipinski definition) is 6. The predicted molar refractivity (Wildman–Crippen MR) is 84.5 cm³/mol. The number of fused-ring (bicyclic) bond motifs is 4. The van der Waals surface area contributed by atoms with E-state index in [4.69, 9.17) is 4.55 Å². The van der Waals surface area contributed by atoms with Gasteiger partial charge in [-0.15, -0.1) is 4.28 Å². The topological polar surface area (TPSA) is 128 Å². The largest absolute Gasteiger partial charge is 0.418 e. The molecule has 3 N–H and O–H groups in total. The van der Waals surface area contributed by atoms with E-state index in [-0.39, 0.29) is 18.5 Å². The van der Waals surface area contributed by atoms with E-state index in [0.29, 0.717) is 30.0 Å². The number of carbonyl (C=O) groups is 2. The number of carbonyl (C=O) groups excluding carboxylic acids is 2. The first-order chi connectivity index (χ1) is 11.8. The van der Waals surface area contributed by atoms with E-state index in [9.17, 15) is 18.0 Å². The van der Waals surface area contributed by atoms with Crippen LogP contribution in [0.3, 0.4) is 0 Å². The summed E-state index contributed by atoms with van der Waals surface area (Å²) in [5.74, 6) is -0.202. The molecule has 0 aromatic heterocycles. The molecule has 0 saturated carbocycles. The van der Waals surface area contributed by atoms with Gasteiger partial charge in [-0.3, -0.25) is 9.35 Å². The van der Waals surface area contributed by atoms with Crippen LogP contribution in [-0.4, -0.2) is 71.6 Å². The first-order valence-electron chi connectivity index (χ1n) is 8.63. The van der Waals surface area contributed by atoms with E-state index >= 15 is 0 Å². The fourth-order valence-electron chi connectivity index (χ4n) is 4.58. The lowest BCUT2D eigenvalue weighted by Crippen LogP contribution is -2.55. The zero-order valence-corrected chi connectivity index (χ0v) is 14.4. The summed E-state index contributed by atoms with van der Waals surface area (Å²) in [7, 11) is -4.77. The van der Waals surface area contributed by atoms with Crippen molar-refractivity contribution in [1.82, 2.24) is 20.6 Å². The smallest absolute Gasteiger partial charge is 0.351 e. The Bertz CT molecular complexity index is 673. The molecule has 4 unspecified atom stereocenters. The number of nitrogens with zero attached hydrogens (tertiary/aromatic N) is 2. The summed E-state index contributed by atoms with van der Waals surface area (Å²) in [6.45, 7) is 0.212. The molecule has 25 heavy (non-hydrogen) atoms. The number of rotatable bonds is 4. The van der Waals surface area contributed by atoms with E-state index in [0.717, 1.165) is 25.7 Å². The van der Waals surface area contributed by atoms with E-state index in [1.807, 2.05) is 0 Å². The first kappa shape index (κ1) is 17.0. The van der Waals surface area contributed by atoms with E-state index < -0.39 is 28.5 Å². The molecule has 3 amide bonds. The molecular weight excluding hydrogens is 352 g/mol. The van der Waals surface area contributed by atoms with Crippen LogP contribution in [0.25, 0.3) is 0 Å². The highest BCUT2D eigenvalue weighted by molar-refractivity contribution is 7.80. The van der Waals surface area contributed by atoms with E-state index in [1.165, 1.54) is 4.90 Å². The van der Waals surface area contributed by atoms with Gasteiger partial charge in [0.15, 0.2) is 0 Å². The number of nitrogens with one attached hydrogen (secondary N) is 2. The van der Waals surface area contributed by atoms with Gasteiger partial charge in [0.1, 0.15) is 6.04 Å². The Hall–Kier alpha value is -1.43.